The summed E-state index contributed by atoms with van der Waals surface area (Å²) in [6, 6.07) is 14.5. The molecule has 0 unspecified atom stereocenters. The van der Waals surface area contributed by atoms with Gasteiger partial charge in [0.05, 0.1) is 23.9 Å². The maximum Gasteiger partial charge on any atom is 0.137 e. The van der Waals surface area contributed by atoms with E-state index in [-0.39, 0.29) is 0 Å². The zero-order valence-corrected chi connectivity index (χ0v) is 11.6. The lowest BCUT2D eigenvalue weighted by atomic mass is 10.0. The topological polar surface area (TPSA) is 41.1 Å². The van der Waals surface area contributed by atoms with Crippen LogP contribution in [-0.2, 0) is 6.42 Å². The summed E-state index contributed by atoms with van der Waals surface area (Å²) in [5, 5.41) is 9.09. The summed E-state index contributed by atoms with van der Waals surface area (Å²) in [7, 11) is 0. The maximum absolute atomic E-state index is 9.09. The number of hydrogen-bond donors (Lipinski definition) is 0. The number of aromatic nitrogens is 2. The van der Waals surface area contributed by atoms with Crippen LogP contribution in [0.4, 0.5) is 0 Å². The first-order valence-electron chi connectivity index (χ1n) is 6.61. The normalized spacial score (nSPS) is 10.7. The molecule has 2 heterocycles. The van der Waals surface area contributed by atoms with Crippen LogP contribution in [0.25, 0.3) is 16.9 Å². The van der Waals surface area contributed by atoms with E-state index in [2.05, 4.69) is 38.1 Å². The van der Waals surface area contributed by atoms with Crippen molar-refractivity contribution in [3.63, 3.8) is 0 Å². The Kier molecular flexibility index (Phi) is 3.00. The zero-order valence-electron chi connectivity index (χ0n) is 11.6. The minimum atomic E-state index is 0.355. The number of benzene rings is 1. The van der Waals surface area contributed by atoms with Gasteiger partial charge in [-0.15, -0.1) is 0 Å². The molecule has 0 atom stereocenters. The summed E-state index contributed by atoms with van der Waals surface area (Å²) in [6.07, 6.45) is 2.32. The summed E-state index contributed by atoms with van der Waals surface area (Å²) < 4.78 is 2.00. The maximum atomic E-state index is 9.09. The minimum absolute atomic E-state index is 0.355. The largest absolute Gasteiger partial charge is 0.302 e. The molecule has 3 nitrogen and oxygen atoms in total. The molecule has 0 spiro atoms. The highest BCUT2D eigenvalue weighted by Gasteiger charge is 2.14. The van der Waals surface area contributed by atoms with Gasteiger partial charge in [0.15, 0.2) is 0 Å². The molecule has 2 aromatic heterocycles. The molecule has 0 aliphatic rings. The van der Waals surface area contributed by atoms with E-state index in [4.69, 9.17) is 10.2 Å². The molecule has 0 N–H and O–H groups in total. The van der Waals surface area contributed by atoms with Crippen molar-refractivity contribution in [3.8, 4) is 17.3 Å². The molecule has 3 heteroatoms. The summed E-state index contributed by atoms with van der Waals surface area (Å²) in [5.41, 5.74) is 6.27. The highest BCUT2D eigenvalue weighted by atomic mass is 15.0. The Balaban J connectivity index is 2.30. The Morgan fingerprint density at radius 2 is 2.05 bits per heavy atom. The van der Waals surface area contributed by atoms with Crippen LogP contribution in [0.15, 0.2) is 42.6 Å². The van der Waals surface area contributed by atoms with Gasteiger partial charge in [-0.3, -0.25) is 0 Å². The molecule has 0 bridgehead atoms. The van der Waals surface area contributed by atoms with Gasteiger partial charge < -0.3 is 4.40 Å². The summed E-state index contributed by atoms with van der Waals surface area (Å²) in [6.45, 7) is 4.17. The predicted octanol–water partition coefficient (Wildman–Crippen LogP) is 3.68. The van der Waals surface area contributed by atoms with Crippen molar-refractivity contribution in [1.29, 1.82) is 5.26 Å². The van der Waals surface area contributed by atoms with Gasteiger partial charge in [0.25, 0.3) is 0 Å². The Morgan fingerprint density at radius 3 is 2.80 bits per heavy atom. The number of rotatable bonds is 2. The van der Waals surface area contributed by atoms with Crippen molar-refractivity contribution in [2.24, 2.45) is 0 Å². The van der Waals surface area contributed by atoms with E-state index in [1.807, 2.05) is 28.8 Å². The van der Waals surface area contributed by atoms with Crippen molar-refractivity contribution >= 4 is 5.65 Å². The lowest BCUT2D eigenvalue weighted by Crippen LogP contribution is -1.94. The average Bonchev–Trinajstić information content (AvgIpc) is 2.78. The first kappa shape index (κ1) is 12.4. The molecule has 0 saturated heterocycles. The van der Waals surface area contributed by atoms with Gasteiger partial charge in [-0.25, -0.2) is 4.98 Å². The van der Waals surface area contributed by atoms with Crippen LogP contribution in [0.1, 0.15) is 16.8 Å². The van der Waals surface area contributed by atoms with E-state index >= 15 is 0 Å². The Bertz CT molecular complexity index is 822. The number of hydrogen-bond acceptors (Lipinski definition) is 2. The fourth-order valence-electron chi connectivity index (χ4n) is 2.59. The van der Waals surface area contributed by atoms with Crippen LogP contribution in [0, 0.1) is 25.2 Å². The molecule has 98 valence electrons. The van der Waals surface area contributed by atoms with Crippen LogP contribution in [0.2, 0.25) is 0 Å². The molecule has 0 amide bonds. The molecule has 0 radical (unpaired) electrons. The van der Waals surface area contributed by atoms with Crippen LogP contribution in [0.3, 0.4) is 0 Å². The minimum Gasteiger partial charge on any atom is -0.302 e. The lowest BCUT2D eigenvalue weighted by molar-refractivity contribution is 1.06. The number of nitriles is 1. The quantitative estimate of drug-likeness (QED) is 0.706. The first-order valence-corrected chi connectivity index (χ1v) is 6.61. The van der Waals surface area contributed by atoms with Gasteiger partial charge in [0.2, 0.25) is 0 Å². The molecule has 20 heavy (non-hydrogen) atoms. The van der Waals surface area contributed by atoms with Gasteiger partial charge in [0, 0.05) is 11.8 Å². The standard InChI is InChI=1S/C17H15N3/c1-12-6-7-14(13(2)11-12)17-15(8-9-18)20-10-4-3-5-16(20)19-17/h3-7,10-11H,8H2,1-2H3. The fourth-order valence-corrected chi connectivity index (χ4v) is 2.59. The van der Waals surface area contributed by atoms with Crippen LogP contribution < -0.4 is 0 Å². The SMILES string of the molecule is Cc1ccc(-c2nc3ccccn3c2CC#N)c(C)c1. The molecule has 0 saturated carbocycles. The fraction of sp³-hybridized carbons (Fsp3) is 0.176. The highest BCUT2D eigenvalue weighted by molar-refractivity contribution is 5.70. The average molecular weight is 261 g/mol. The third-order valence-corrected chi connectivity index (χ3v) is 3.51. The molecule has 0 aliphatic heterocycles. The predicted molar refractivity (Wildman–Crippen MR) is 79.4 cm³/mol. The first-order chi connectivity index (χ1) is 9.70. The molecular weight excluding hydrogens is 246 g/mol. The van der Waals surface area contributed by atoms with Crippen molar-refractivity contribution in [3.05, 3.63) is 59.4 Å². The van der Waals surface area contributed by atoms with Gasteiger partial charge >= 0.3 is 0 Å². The summed E-state index contributed by atoms with van der Waals surface area (Å²) in [5.74, 6) is 0. The zero-order chi connectivity index (χ0) is 14.1. The third kappa shape index (κ3) is 1.96. The smallest absolute Gasteiger partial charge is 0.137 e. The van der Waals surface area contributed by atoms with Crippen molar-refractivity contribution in [2.75, 3.05) is 0 Å². The molecule has 3 rings (SSSR count). The highest BCUT2D eigenvalue weighted by Crippen LogP contribution is 2.28. The van der Waals surface area contributed by atoms with E-state index in [0.29, 0.717) is 6.42 Å². The van der Waals surface area contributed by atoms with E-state index in [1.165, 1.54) is 11.1 Å². The van der Waals surface area contributed by atoms with E-state index in [1.54, 1.807) is 0 Å². The number of nitrogens with zero attached hydrogens (tertiary/aromatic N) is 3. The second kappa shape index (κ2) is 4.82. The monoisotopic (exact) mass is 261 g/mol. The molecular formula is C17H15N3. The van der Waals surface area contributed by atoms with Gasteiger partial charge in [-0.2, -0.15) is 5.26 Å². The molecule has 0 aliphatic carbocycles. The van der Waals surface area contributed by atoms with Crippen molar-refractivity contribution in [2.45, 2.75) is 20.3 Å². The number of aryl methyl sites for hydroxylation is 2. The number of pyridine rings is 1. The third-order valence-electron chi connectivity index (χ3n) is 3.51. The number of fused-ring (bicyclic) bond motifs is 1. The summed E-state index contributed by atoms with van der Waals surface area (Å²) in [4.78, 5) is 4.70. The lowest BCUT2D eigenvalue weighted by Gasteiger charge is -2.06. The van der Waals surface area contributed by atoms with Gasteiger partial charge in [-0.05, 0) is 31.5 Å². The van der Waals surface area contributed by atoms with Crippen LogP contribution in [-0.4, -0.2) is 9.38 Å². The second-order valence-corrected chi connectivity index (χ2v) is 4.99. The second-order valence-electron chi connectivity index (χ2n) is 4.99. The van der Waals surface area contributed by atoms with Crippen molar-refractivity contribution in [1.82, 2.24) is 9.38 Å². The summed E-state index contributed by atoms with van der Waals surface area (Å²) >= 11 is 0. The van der Waals surface area contributed by atoms with Crippen LogP contribution >= 0.6 is 0 Å². The van der Waals surface area contributed by atoms with E-state index in [9.17, 15) is 0 Å². The van der Waals surface area contributed by atoms with E-state index < -0.39 is 0 Å². The molecule has 0 fully saturated rings. The number of imidazole rings is 1. The Morgan fingerprint density at radius 1 is 1.20 bits per heavy atom. The molecule has 1 aromatic carbocycles. The Labute approximate surface area is 118 Å². The van der Waals surface area contributed by atoms with Crippen molar-refractivity contribution < 1.29 is 0 Å². The van der Waals surface area contributed by atoms with E-state index in [0.717, 1.165) is 22.6 Å². The molecule has 3 aromatic rings. The van der Waals surface area contributed by atoms with Gasteiger partial charge in [-0.1, -0.05) is 29.8 Å². The van der Waals surface area contributed by atoms with Crippen LogP contribution in [0.5, 0.6) is 0 Å². The Hall–Kier alpha value is -2.60. The van der Waals surface area contributed by atoms with Gasteiger partial charge in [0.1, 0.15) is 5.65 Å².